The fraction of sp³-hybridized carbons (Fsp3) is 0.267. The van der Waals surface area contributed by atoms with E-state index in [-0.39, 0.29) is 82.3 Å². The van der Waals surface area contributed by atoms with E-state index in [0.29, 0.717) is 89.1 Å². The lowest BCUT2D eigenvalue weighted by Gasteiger charge is -2.37. The van der Waals surface area contributed by atoms with Crippen LogP contribution in [0.1, 0.15) is 74.1 Å². The normalized spacial score (nSPS) is 13.5. The highest BCUT2D eigenvalue weighted by Gasteiger charge is 2.41. The van der Waals surface area contributed by atoms with Crippen molar-refractivity contribution in [3.8, 4) is 0 Å². The van der Waals surface area contributed by atoms with E-state index in [2.05, 4.69) is 0 Å². The number of esters is 4. The third-order valence-corrected chi connectivity index (χ3v) is 13.9. The minimum Gasteiger partial charge on any atom is -0.480 e. The summed E-state index contributed by atoms with van der Waals surface area (Å²) in [7, 11) is 0. The molecule has 4 aromatic heterocycles. The second kappa shape index (κ2) is 27.4. The zero-order valence-electron chi connectivity index (χ0n) is 45.6. The Bertz CT molecular complexity index is 3380. The third-order valence-electron chi connectivity index (χ3n) is 13.9. The smallest absolute Gasteiger partial charge is 0.320 e. The summed E-state index contributed by atoms with van der Waals surface area (Å²) >= 11 is 0. The molecule has 0 aliphatic rings. The number of hydrogen-bond donors (Lipinski definition) is 8. The molecule has 4 aromatic carbocycles. The Morgan fingerprint density at radius 2 is 0.541 bits per heavy atom. The average molecular weight is 1160 g/mol. The standard InChI is InChI=1S/C60H59N9O16/c61-45(57(74)75)17-21-53(70)82-29-37-9-1-33-5-13-41(25-49(33)65-37)69(42-14-6-34-2-10-38(66-50(34)26-42)30-83-54(71)22-18-46(62)58(76)77,43-15-7-35-3-11-39(67-51(35)27-43)31-84-55(72)23-19-47(63)59(78)79)44-16-8-36-4-12-40(68-52(36)28-44)32-85-56(73)24-20-48(64)60(80)81/h1-16,25-28,45-48H,17-24,29-32,61-64H2,(H3-,74,75,76,77,78,79,80,81)/p+1. The van der Waals surface area contributed by atoms with E-state index in [1.54, 1.807) is 24.3 Å². The first-order valence-electron chi connectivity index (χ1n) is 26.7. The second-order valence-electron chi connectivity index (χ2n) is 20.0. The molecule has 8 rings (SSSR count). The van der Waals surface area contributed by atoms with Crippen LogP contribution in [0, 0.1) is 0 Å². The number of hydrogen-bond acceptors (Lipinski definition) is 20. The number of carboxylic acids is 4. The number of aromatic nitrogens is 4. The van der Waals surface area contributed by atoms with Crippen molar-refractivity contribution in [2.75, 3.05) is 0 Å². The molecule has 4 heterocycles. The van der Waals surface area contributed by atoms with Gasteiger partial charge in [0.25, 0.3) is 0 Å². The van der Waals surface area contributed by atoms with Crippen LogP contribution in [0.2, 0.25) is 0 Å². The summed E-state index contributed by atoms with van der Waals surface area (Å²) in [4.78, 5) is 116. The highest BCUT2D eigenvalue weighted by molar-refractivity contribution is 5.96. The van der Waals surface area contributed by atoms with Gasteiger partial charge in [-0.05, 0) is 74.2 Å². The number of carbonyl (C=O) groups is 8. The molecule has 0 radical (unpaired) electrons. The van der Waals surface area contributed by atoms with Gasteiger partial charge in [-0.2, -0.15) is 4.48 Å². The average Bonchev–Trinajstić information content (AvgIpc) is 0.810. The Hall–Kier alpha value is -9.92. The molecule has 8 aromatic rings. The van der Waals surface area contributed by atoms with Gasteiger partial charge in [-0.1, -0.05) is 24.3 Å². The van der Waals surface area contributed by atoms with Gasteiger partial charge in [0.05, 0.1) is 44.8 Å². The number of ether oxygens (including phenoxy) is 4. The number of carbonyl (C=O) groups excluding carboxylic acids is 4. The van der Waals surface area contributed by atoms with Crippen molar-refractivity contribution in [3.05, 3.63) is 144 Å². The number of aliphatic carboxylic acids is 4. The molecule has 0 aliphatic heterocycles. The number of benzene rings is 4. The maximum absolute atomic E-state index is 12.8. The molecular formula is C60H60N9O16+. The van der Waals surface area contributed by atoms with Crippen LogP contribution in [-0.2, 0) is 83.7 Å². The van der Waals surface area contributed by atoms with Gasteiger partial charge < -0.3 is 62.3 Å². The lowest BCUT2D eigenvalue weighted by atomic mass is 10.0. The van der Waals surface area contributed by atoms with E-state index in [9.17, 15) is 58.8 Å². The first-order chi connectivity index (χ1) is 40.7. The van der Waals surface area contributed by atoms with Gasteiger partial charge in [-0.15, -0.1) is 0 Å². The number of fused-ring (bicyclic) bond motifs is 4. The molecule has 4 unspecified atom stereocenters. The molecule has 0 bridgehead atoms. The number of nitrogens with two attached hydrogens (primary N) is 4. The molecule has 0 aliphatic carbocycles. The van der Waals surface area contributed by atoms with Crippen molar-refractivity contribution in [2.45, 2.75) is 102 Å². The maximum atomic E-state index is 12.8. The predicted octanol–water partition coefficient (Wildman–Crippen LogP) is 6.12. The third kappa shape index (κ3) is 15.4. The molecule has 25 nitrogen and oxygen atoms in total. The number of rotatable bonds is 28. The highest BCUT2D eigenvalue weighted by atomic mass is 16.5. The number of nitrogens with zero attached hydrogens (tertiary/aromatic N) is 5. The maximum Gasteiger partial charge on any atom is 0.320 e. The summed E-state index contributed by atoms with van der Waals surface area (Å²) in [5, 5.41) is 39.6. The van der Waals surface area contributed by atoms with Crippen molar-refractivity contribution in [1.29, 1.82) is 0 Å². The van der Waals surface area contributed by atoms with Gasteiger partial charge in [0, 0.05) is 95.8 Å². The van der Waals surface area contributed by atoms with E-state index in [1.807, 2.05) is 97.1 Å². The summed E-state index contributed by atoms with van der Waals surface area (Å²) in [6.07, 6.45) is -1.50. The van der Waals surface area contributed by atoms with Gasteiger partial charge in [0.15, 0.2) is 0 Å². The van der Waals surface area contributed by atoms with Crippen LogP contribution in [0.4, 0.5) is 22.7 Å². The fourth-order valence-electron chi connectivity index (χ4n) is 9.14. The van der Waals surface area contributed by atoms with Gasteiger partial charge in [-0.25, -0.2) is 19.9 Å². The number of quaternary nitrogens is 1. The summed E-state index contributed by atoms with van der Waals surface area (Å²) in [6.45, 7) is -1.00. The van der Waals surface area contributed by atoms with Crippen LogP contribution >= 0.6 is 0 Å². The molecule has 0 fully saturated rings. The minimum atomic E-state index is -1.25. The molecule has 0 saturated carbocycles. The first kappa shape index (κ1) is 61.2. The van der Waals surface area contributed by atoms with E-state index >= 15 is 0 Å². The van der Waals surface area contributed by atoms with Crippen LogP contribution in [0.25, 0.3) is 43.6 Å². The molecule has 85 heavy (non-hydrogen) atoms. The van der Waals surface area contributed by atoms with E-state index in [4.69, 9.17) is 61.8 Å². The van der Waals surface area contributed by atoms with Gasteiger partial charge in [0.2, 0.25) is 0 Å². The minimum absolute atomic E-state index is 0.136. The first-order valence-corrected chi connectivity index (χ1v) is 26.7. The van der Waals surface area contributed by atoms with Crippen molar-refractivity contribution < 1.29 is 77.7 Å². The Labute approximate surface area is 483 Å². The topological polar surface area (TPSA) is 410 Å². The highest BCUT2D eigenvalue weighted by Crippen LogP contribution is 2.53. The molecule has 440 valence electrons. The Kier molecular flexibility index (Phi) is 19.7. The van der Waals surface area contributed by atoms with E-state index in [1.165, 1.54) is 0 Å². The van der Waals surface area contributed by atoms with Gasteiger partial charge in [0.1, 0.15) is 73.3 Å². The van der Waals surface area contributed by atoms with Crippen LogP contribution in [0.15, 0.2) is 121 Å². The van der Waals surface area contributed by atoms with Crippen LogP contribution in [-0.4, -0.2) is 112 Å². The fourth-order valence-corrected chi connectivity index (χ4v) is 9.14. The summed E-state index contributed by atoms with van der Waals surface area (Å²) < 4.78 is 21.8. The lowest BCUT2D eigenvalue weighted by molar-refractivity contribution is -0.147. The van der Waals surface area contributed by atoms with Crippen molar-refractivity contribution >= 4 is 114 Å². The Morgan fingerprint density at radius 3 is 0.741 bits per heavy atom. The van der Waals surface area contributed by atoms with Crippen molar-refractivity contribution in [2.24, 2.45) is 22.9 Å². The predicted molar refractivity (Wildman–Crippen MR) is 306 cm³/mol. The van der Waals surface area contributed by atoms with Crippen molar-refractivity contribution in [1.82, 2.24) is 24.4 Å². The van der Waals surface area contributed by atoms with Crippen molar-refractivity contribution in [3.63, 3.8) is 0 Å². The zero-order valence-corrected chi connectivity index (χ0v) is 45.6. The second-order valence-corrected chi connectivity index (χ2v) is 20.0. The molecule has 4 atom stereocenters. The summed E-state index contributed by atoms with van der Waals surface area (Å²) in [5.41, 5.74) is 28.1. The van der Waals surface area contributed by atoms with Crippen LogP contribution in [0.5, 0.6) is 0 Å². The molecule has 0 amide bonds. The number of carboxylic acid groups (broad SMARTS) is 4. The quantitative estimate of drug-likeness (QED) is 0.0155. The van der Waals surface area contributed by atoms with Crippen LogP contribution < -0.4 is 27.4 Å². The Morgan fingerprint density at radius 1 is 0.341 bits per heavy atom. The molecular weight excluding hydrogens is 1100 g/mol. The molecule has 12 N–H and O–H groups in total. The van der Waals surface area contributed by atoms with E-state index < -0.39 is 71.9 Å². The summed E-state index contributed by atoms with van der Waals surface area (Å²) in [6, 6.07) is 31.6. The SMILES string of the molecule is NC(CCC(=O)OCc1ccc2ccc([N+](c3ccc4ccc(COC(=O)CCC(N)C(=O)O)nc4c3)(c3ccc4ccc(COC(=O)CCC(N)C(=O)O)nc4c3)c3ccc4ccc(COC(=O)CCC(N)C(=O)O)nc4c3)cc2n1)C(=O)O. The molecule has 25 heteroatoms. The summed E-state index contributed by atoms with van der Waals surface area (Å²) in [5.74, 6) is -7.70. The van der Waals surface area contributed by atoms with Gasteiger partial charge in [-0.3, -0.25) is 38.4 Å². The Balaban J connectivity index is 1.29. The van der Waals surface area contributed by atoms with Crippen LogP contribution in [0.3, 0.4) is 0 Å². The zero-order chi connectivity index (χ0) is 61.0. The monoisotopic (exact) mass is 1160 g/mol. The van der Waals surface area contributed by atoms with Gasteiger partial charge >= 0.3 is 47.8 Å². The lowest BCUT2D eigenvalue weighted by Crippen LogP contribution is -2.33. The molecule has 0 saturated heterocycles. The van der Waals surface area contributed by atoms with E-state index in [0.717, 1.165) is 0 Å². The number of pyridine rings is 4. The largest absolute Gasteiger partial charge is 0.480 e. The molecule has 0 spiro atoms.